The second-order valence-corrected chi connectivity index (χ2v) is 7.28. The minimum absolute atomic E-state index is 0.000812. The highest BCUT2D eigenvalue weighted by atomic mass is 16.2. The van der Waals surface area contributed by atoms with E-state index in [4.69, 9.17) is 0 Å². The Labute approximate surface area is 167 Å². The van der Waals surface area contributed by atoms with Crippen molar-refractivity contribution >= 4 is 23.1 Å². The molecule has 0 atom stereocenters. The number of carbonyl (C=O) groups excluding carboxylic acids is 2. The van der Waals surface area contributed by atoms with E-state index >= 15 is 0 Å². The van der Waals surface area contributed by atoms with E-state index in [0.29, 0.717) is 5.56 Å². The van der Waals surface area contributed by atoms with E-state index < -0.39 is 0 Å². The summed E-state index contributed by atoms with van der Waals surface area (Å²) in [5.41, 5.74) is 3.65. The first kappa shape index (κ1) is 20.1. The molecule has 1 amide bonds. The average Bonchev–Trinajstić information content (AvgIpc) is 2.73. The molecule has 5 heteroatoms. The third kappa shape index (κ3) is 5.20. The molecule has 28 heavy (non-hydrogen) atoms. The van der Waals surface area contributed by atoms with E-state index in [0.717, 1.165) is 49.7 Å². The maximum Gasteiger partial charge on any atom is 0.224 e. The number of aryl methyl sites for hydroxylation is 1. The van der Waals surface area contributed by atoms with Gasteiger partial charge in [-0.3, -0.25) is 9.59 Å². The quantitative estimate of drug-likeness (QED) is 0.745. The first-order chi connectivity index (χ1) is 13.6. The summed E-state index contributed by atoms with van der Waals surface area (Å²) in [4.78, 5) is 29.5. The highest BCUT2D eigenvalue weighted by Crippen LogP contribution is 2.27. The van der Waals surface area contributed by atoms with Gasteiger partial charge in [0.2, 0.25) is 5.91 Å². The minimum Gasteiger partial charge on any atom is -0.367 e. The van der Waals surface area contributed by atoms with Crippen molar-refractivity contribution in [3.05, 3.63) is 59.7 Å². The van der Waals surface area contributed by atoms with Gasteiger partial charge in [-0.15, -0.1) is 0 Å². The molecule has 0 aliphatic carbocycles. The fraction of sp³-hybridized carbons (Fsp3) is 0.391. The SMILES string of the molecule is CCN1CCN(c2ccccc2NC(=O)CCC(=O)c2ccc(C)cc2)CC1. The third-order valence-electron chi connectivity index (χ3n) is 5.29. The number of anilines is 2. The molecule has 3 rings (SSSR count). The molecular formula is C23H29N3O2. The number of ketones is 1. The maximum atomic E-state index is 12.4. The lowest BCUT2D eigenvalue weighted by atomic mass is 10.0. The van der Waals surface area contributed by atoms with Gasteiger partial charge in [-0.25, -0.2) is 0 Å². The number of hydrogen-bond acceptors (Lipinski definition) is 4. The van der Waals surface area contributed by atoms with Crippen LogP contribution in [-0.2, 0) is 4.79 Å². The van der Waals surface area contributed by atoms with Crippen LogP contribution in [0.3, 0.4) is 0 Å². The summed E-state index contributed by atoms with van der Waals surface area (Å²) < 4.78 is 0. The Kier molecular flexibility index (Phi) is 6.82. The second kappa shape index (κ2) is 9.51. The summed E-state index contributed by atoms with van der Waals surface area (Å²) in [6.45, 7) is 9.21. The van der Waals surface area contributed by atoms with Crippen molar-refractivity contribution < 1.29 is 9.59 Å². The molecule has 0 unspecified atom stereocenters. The Bertz CT molecular complexity index is 809. The molecule has 148 valence electrons. The summed E-state index contributed by atoms with van der Waals surface area (Å²) in [5, 5.41) is 3.00. The predicted octanol–water partition coefficient (Wildman–Crippen LogP) is 3.74. The molecule has 5 nitrogen and oxygen atoms in total. The van der Waals surface area contributed by atoms with Crippen LogP contribution in [0.25, 0.3) is 0 Å². The highest BCUT2D eigenvalue weighted by molar-refractivity contribution is 6.00. The number of piperazine rings is 1. The first-order valence-corrected chi connectivity index (χ1v) is 10.0. The van der Waals surface area contributed by atoms with Crippen LogP contribution in [0.4, 0.5) is 11.4 Å². The molecule has 1 saturated heterocycles. The number of benzene rings is 2. The van der Waals surface area contributed by atoms with E-state index in [9.17, 15) is 9.59 Å². The van der Waals surface area contributed by atoms with Crippen LogP contribution in [0, 0.1) is 6.92 Å². The van der Waals surface area contributed by atoms with Crippen LogP contribution in [-0.4, -0.2) is 49.3 Å². The minimum atomic E-state index is -0.125. The Hall–Kier alpha value is -2.66. The largest absolute Gasteiger partial charge is 0.367 e. The van der Waals surface area contributed by atoms with Crippen LogP contribution in [0.1, 0.15) is 35.7 Å². The van der Waals surface area contributed by atoms with Crippen molar-refractivity contribution in [3.8, 4) is 0 Å². The number of likely N-dealkylation sites (N-methyl/N-ethyl adjacent to an activating group) is 1. The van der Waals surface area contributed by atoms with Gasteiger partial charge in [-0.05, 0) is 25.6 Å². The summed E-state index contributed by atoms with van der Waals surface area (Å²) in [6, 6.07) is 15.4. The van der Waals surface area contributed by atoms with Crippen molar-refractivity contribution in [2.45, 2.75) is 26.7 Å². The van der Waals surface area contributed by atoms with Crippen LogP contribution in [0.5, 0.6) is 0 Å². The highest BCUT2D eigenvalue weighted by Gasteiger charge is 2.19. The Morgan fingerprint density at radius 1 is 0.929 bits per heavy atom. The Morgan fingerprint density at radius 3 is 2.29 bits per heavy atom. The number of Topliss-reactive ketones (excluding diaryl/α,β-unsaturated/α-hetero) is 1. The van der Waals surface area contributed by atoms with Crippen LogP contribution in [0.15, 0.2) is 48.5 Å². The first-order valence-electron chi connectivity index (χ1n) is 10.0. The van der Waals surface area contributed by atoms with Gasteiger partial charge in [0.15, 0.2) is 5.78 Å². The number of rotatable bonds is 7. The zero-order chi connectivity index (χ0) is 19.9. The van der Waals surface area contributed by atoms with Crippen LogP contribution >= 0.6 is 0 Å². The zero-order valence-corrected chi connectivity index (χ0v) is 16.8. The normalized spacial score (nSPS) is 14.7. The van der Waals surface area contributed by atoms with Gasteiger partial charge in [0.25, 0.3) is 0 Å². The van der Waals surface area contributed by atoms with Crippen molar-refractivity contribution in [1.82, 2.24) is 4.90 Å². The van der Waals surface area contributed by atoms with Gasteiger partial charge >= 0.3 is 0 Å². The summed E-state index contributed by atoms with van der Waals surface area (Å²) in [5.74, 6) is -0.126. The van der Waals surface area contributed by atoms with Gasteiger partial charge in [-0.1, -0.05) is 48.9 Å². The lowest BCUT2D eigenvalue weighted by Crippen LogP contribution is -2.46. The summed E-state index contributed by atoms with van der Waals surface area (Å²) in [7, 11) is 0. The lowest BCUT2D eigenvalue weighted by Gasteiger charge is -2.36. The fourth-order valence-electron chi connectivity index (χ4n) is 3.48. The molecule has 0 radical (unpaired) electrons. The molecule has 1 aliphatic heterocycles. The molecule has 0 spiro atoms. The van der Waals surface area contributed by atoms with Gasteiger partial charge in [0, 0.05) is 44.6 Å². The number of carbonyl (C=O) groups is 2. The smallest absolute Gasteiger partial charge is 0.224 e. The molecule has 1 fully saturated rings. The van der Waals surface area contributed by atoms with Gasteiger partial charge in [0.1, 0.15) is 0 Å². The molecule has 1 aliphatic rings. The van der Waals surface area contributed by atoms with Crippen molar-refractivity contribution in [3.63, 3.8) is 0 Å². The van der Waals surface area contributed by atoms with E-state index in [1.54, 1.807) is 0 Å². The molecule has 0 bridgehead atoms. The van der Waals surface area contributed by atoms with E-state index in [2.05, 4.69) is 28.1 Å². The third-order valence-corrected chi connectivity index (χ3v) is 5.29. The Morgan fingerprint density at radius 2 is 1.61 bits per heavy atom. The maximum absolute atomic E-state index is 12.4. The van der Waals surface area contributed by atoms with E-state index in [1.165, 1.54) is 0 Å². The molecule has 2 aromatic carbocycles. The predicted molar refractivity (Wildman–Crippen MR) is 114 cm³/mol. The molecule has 2 aromatic rings. The molecular weight excluding hydrogens is 350 g/mol. The van der Waals surface area contributed by atoms with Crippen molar-refractivity contribution in [2.24, 2.45) is 0 Å². The van der Waals surface area contributed by atoms with E-state index in [1.807, 2.05) is 49.4 Å². The topological polar surface area (TPSA) is 52.6 Å². The van der Waals surface area contributed by atoms with Gasteiger partial charge < -0.3 is 15.1 Å². The summed E-state index contributed by atoms with van der Waals surface area (Å²) in [6.07, 6.45) is 0.400. The van der Waals surface area contributed by atoms with E-state index in [-0.39, 0.29) is 24.5 Å². The Balaban J connectivity index is 1.57. The van der Waals surface area contributed by atoms with Gasteiger partial charge in [0.05, 0.1) is 11.4 Å². The van der Waals surface area contributed by atoms with Crippen molar-refractivity contribution in [2.75, 3.05) is 42.9 Å². The number of hydrogen-bond donors (Lipinski definition) is 1. The average molecular weight is 380 g/mol. The lowest BCUT2D eigenvalue weighted by molar-refractivity contribution is -0.116. The van der Waals surface area contributed by atoms with Crippen molar-refractivity contribution in [1.29, 1.82) is 0 Å². The fourth-order valence-corrected chi connectivity index (χ4v) is 3.48. The van der Waals surface area contributed by atoms with Crippen LogP contribution < -0.4 is 10.2 Å². The van der Waals surface area contributed by atoms with Gasteiger partial charge in [-0.2, -0.15) is 0 Å². The molecule has 0 saturated carbocycles. The number of para-hydroxylation sites is 2. The molecule has 1 heterocycles. The number of amides is 1. The molecule has 0 aromatic heterocycles. The molecule has 1 N–H and O–H groups in total. The van der Waals surface area contributed by atoms with Crippen LogP contribution in [0.2, 0.25) is 0 Å². The summed E-state index contributed by atoms with van der Waals surface area (Å²) >= 11 is 0. The number of nitrogens with one attached hydrogen (secondary N) is 1. The standard InChI is InChI=1S/C23H29N3O2/c1-3-25-14-16-26(17-15-25)21-7-5-4-6-20(21)24-23(28)13-12-22(27)19-10-8-18(2)9-11-19/h4-11H,3,12-17H2,1-2H3,(H,24,28). The monoisotopic (exact) mass is 379 g/mol. The second-order valence-electron chi connectivity index (χ2n) is 7.28. The zero-order valence-electron chi connectivity index (χ0n) is 16.8. The number of nitrogens with zero attached hydrogens (tertiary/aromatic N) is 2.